The average Bonchev–Trinajstić information content (AvgIpc) is 2.63. The van der Waals surface area contributed by atoms with Gasteiger partial charge in [-0.25, -0.2) is 4.98 Å². The van der Waals surface area contributed by atoms with Crippen molar-refractivity contribution in [3.05, 3.63) is 59.3 Å². The molecule has 0 fully saturated rings. The molecule has 6 nitrogen and oxygen atoms in total. The van der Waals surface area contributed by atoms with E-state index < -0.39 is 36.6 Å². The quantitative estimate of drug-likeness (QED) is 0.841. The summed E-state index contributed by atoms with van der Waals surface area (Å²) in [6.07, 6.45) is -3.45. The van der Waals surface area contributed by atoms with Gasteiger partial charge in [-0.15, -0.1) is 0 Å². The van der Waals surface area contributed by atoms with Crippen LogP contribution in [0.3, 0.4) is 0 Å². The Kier molecular flexibility index (Phi) is 5.26. The maximum atomic E-state index is 13.2. The van der Waals surface area contributed by atoms with Crippen LogP contribution in [0.5, 0.6) is 5.88 Å². The summed E-state index contributed by atoms with van der Waals surface area (Å²) in [4.78, 5) is 29.4. The lowest BCUT2D eigenvalue weighted by molar-refractivity contribution is -0.153. The standard InChI is InChI=1S/C19H17F3N2O4/c1-2-28-14-8-7-11(9-23-14)16-15(18(26)27)12-5-3-4-6-13(12)17(25)24(16)10-19(20,21)22/h3-9,15-16H,2,10H2,1H3,(H,26,27)/t15-,16-/m0/s1. The van der Waals surface area contributed by atoms with Gasteiger partial charge in [-0.05, 0) is 24.1 Å². The first-order chi connectivity index (χ1) is 13.2. The second-order valence-electron chi connectivity index (χ2n) is 6.26. The molecule has 0 radical (unpaired) electrons. The van der Waals surface area contributed by atoms with Gasteiger partial charge < -0.3 is 14.7 Å². The molecule has 1 aliphatic heterocycles. The molecule has 1 N–H and O–H groups in total. The van der Waals surface area contributed by atoms with E-state index in [-0.39, 0.29) is 22.6 Å². The molecule has 1 amide bonds. The molecule has 0 aliphatic carbocycles. The Hall–Kier alpha value is -3.10. The number of aromatic nitrogens is 1. The number of carbonyl (C=O) groups is 2. The zero-order chi connectivity index (χ0) is 20.5. The number of fused-ring (bicyclic) bond motifs is 1. The topological polar surface area (TPSA) is 79.7 Å². The zero-order valence-corrected chi connectivity index (χ0v) is 14.8. The second kappa shape index (κ2) is 7.49. The molecule has 2 aromatic rings. The largest absolute Gasteiger partial charge is 0.481 e. The van der Waals surface area contributed by atoms with Gasteiger partial charge >= 0.3 is 12.1 Å². The van der Waals surface area contributed by atoms with Crippen molar-refractivity contribution in [2.75, 3.05) is 13.2 Å². The smallest absolute Gasteiger partial charge is 0.406 e. The fourth-order valence-corrected chi connectivity index (χ4v) is 3.40. The minimum Gasteiger partial charge on any atom is -0.481 e. The van der Waals surface area contributed by atoms with Gasteiger partial charge in [0.05, 0.1) is 12.6 Å². The summed E-state index contributed by atoms with van der Waals surface area (Å²) in [5.41, 5.74) is 0.314. The lowest BCUT2D eigenvalue weighted by atomic mass is 9.80. The number of rotatable bonds is 5. The highest BCUT2D eigenvalue weighted by molar-refractivity contribution is 6.00. The number of alkyl halides is 3. The van der Waals surface area contributed by atoms with E-state index in [1.54, 1.807) is 13.0 Å². The van der Waals surface area contributed by atoms with Crippen LogP contribution in [0.15, 0.2) is 42.6 Å². The van der Waals surface area contributed by atoms with E-state index in [0.717, 1.165) is 0 Å². The van der Waals surface area contributed by atoms with E-state index in [4.69, 9.17) is 4.74 Å². The molecule has 0 unspecified atom stereocenters. The molecule has 2 atom stereocenters. The Morgan fingerprint density at radius 1 is 1.25 bits per heavy atom. The minimum absolute atomic E-state index is 0.0469. The predicted octanol–water partition coefficient (Wildman–Crippen LogP) is 3.41. The van der Waals surface area contributed by atoms with E-state index in [2.05, 4.69) is 4.98 Å². The van der Waals surface area contributed by atoms with Crippen molar-refractivity contribution in [3.8, 4) is 5.88 Å². The number of carboxylic acid groups (broad SMARTS) is 1. The first kappa shape index (κ1) is 19.7. The number of aliphatic carboxylic acids is 1. The zero-order valence-electron chi connectivity index (χ0n) is 14.8. The van der Waals surface area contributed by atoms with Crippen LogP contribution < -0.4 is 4.74 Å². The maximum absolute atomic E-state index is 13.2. The SMILES string of the molecule is CCOc1ccc([C@H]2[C@@H](C(=O)O)c3ccccc3C(=O)N2CC(F)(F)F)cn1. The molecule has 0 saturated heterocycles. The van der Waals surface area contributed by atoms with E-state index >= 15 is 0 Å². The number of carboxylic acids is 1. The van der Waals surface area contributed by atoms with Gasteiger partial charge in [-0.3, -0.25) is 9.59 Å². The van der Waals surface area contributed by atoms with Gasteiger partial charge in [0, 0.05) is 17.8 Å². The van der Waals surface area contributed by atoms with Crippen molar-refractivity contribution in [2.45, 2.75) is 25.1 Å². The van der Waals surface area contributed by atoms with Crippen molar-refractivity contribution >= 4 is 11.9 Å². The molecular formula is C19H17F3N2O4. The highest BCUT2D eigenvalue weighted by Crippen LogP contribution is 2.43. The van der Waals surface area contributed by atoms with Gasteiger partial charge in [0.25, 0.3) is 5.91 Å². The summed E-state index contributed by atoms with van der Waals surface area (Å²) in [6.45, 7) is 0.527. The minimum atomic E-state index is -4.69. The number of ether oxygens (including phenoxy) is 1. The lowest BCUT2D eigenvalue weighted by Crippen LogP contribution is -2.48. The average molecular weight is 394 g/mol. The number of halogens is 3. The summed E-state index contributed by atoms with van der Waals surface area (Å²) >= 11 is 0. The van der Waals surface area contributed by atoms with Crippen LogP contribution in [0.2, 0.25) is 0 Å². The first-order valence-electron chi connectivity index (χ1n) is 8.51. The molecule has 0 bridgehead atoms. The van der Waals surface area contributed by atoms with Crippen molar-refractivity contribution in [2.24, 2.45) is 0 Å². The van der Waals surface area contributed by atoms with Gasteiger partial charge in [-0.2, -0.15) is 13.2 Å². The van der Waals surface area contributed by atoms with E-state index in [9.17, 15) is 27.9 Å². The molecule has 1 aliphatic rings. The number of nitrogens with zero attached hydrogens (tertiary/aromatic N) is 2. The summed E-state index contributed by atoms with van der Waals surface area (Å²) in [7, 11) is 0. The Balaban J connectivity index is 2.15. The number of amides is 1. The predicted molar refractivity (Wildman–Crippen MR) is 92.1 cm³/mol. The highest BCUT2D eigenvalue weighted by Gasteiger charge is 2.47. The summed E-state index contributed by atoms with van der Waals surface area (Å²) < 4.78 is 44.8. The molecule has 28 heavy (non-hydrogen) atoms. The van der Waals surface area contributed by atoms with Gasteiger partial charge in [0.15, 0.2) is 0 Å². The first-order valence-corrected chi connectivity index (χ1v) is 8.51. The Morgan fingerprint density at radius 2 is 1.96 bits per heavy atom. The maximum Gasteiger partial charge on any atom is 0.406 e. The number of pyridine rings is 1. The Bertz CT molecular complexity index is 883. The molecule has 0 saturated carbocycles. The van der Waals surface area contributed by atoms with Crippen LogP contribution in [-0.4, -0.2) is 46.2 Å². The molecule has 9 heteroatoms. The number of benzene rings is 1. The fourth-order valence-electron chi connectivity index (χ4n) is 3.40. The number of carbonyl (C=O) groups excluding carboxylic acids is 1. The monoisotopic (exact) mass is 394 g/mol. The molecule has 0 spiro atoms. The van der Waals surface area contributed by atoms with Crippen LogP contribution in [-0.2, 0) is 4.79 Å². The lowest BCUT2D eigenvalue weighted by Gasteiger charge is -2.40. The van der Waals surface area contributed by atoms with Crippen molar-refractivity contribution in [1.82, 2.24) is 9.88 Å². The van der Waals surface area contributed by atoms with E-state index in [0.29, 0.717) is 11.5 Å². The third-order valence-electron chi connectivity index (χ3n) is 4.45. The molecule has 148 valence electrons. The molecular weight excluding hydrogens is 377 g/mol. The fraction of sp³-hybridized carbons (Fsp3) is 0.316. The molecule has 2 heterocycles. The van der Waals surface area contributed by atoms with Gasteiger partial charge in [0.1, 0.15) is 12.5 Å². The second-order valence-corrected chi connectivity index (χ2v) is 6.26. The summed E-state index contributed by atoms with van der Waals surface area (Å²) in [5.74, 6) is -3.31. The van der Waals surface area contributed by atoms with Crippen LogP contribution >= 0.6 is 0 Å². The normalized spacial score (nSPS) is 19.3. The van der Waals surface area contributed by atoms with Crippen LogP contribution in [0.25, 0.3) is 0 Å². The van der Waals surface area contributed by atoms with Gasteiger partial charge in [-0.1, -0.05) is 24.3 Å². The van der Waals surface area contributed by atoms with E-state index in [1.165, 1.54) is 36.5 Å². The summed E-state index contributed by atoms with van der Waals surface area (Å²) in [5, 5.41) is 9.79. The van der Waals surface area contributed by atoms with Crippen LogP contribution in [0.4, 0.5) is 13.2 Å². The van der Waals surface area contributed by atoms with Crippen molar-refractivity contribution in [1.29, 1.82) is 0 Å². The van der Waals surface area contributed by atoms with Crippen molar-refractivity contribution < 1.29 is 32.6 Å². The Morgan fingerprint density at radius 3 is 2.54 bits per heavy atom. The van der Waals surface area contributed by atoms with Crippen LogP contribution in [0.1, 0.15) is 40.4 Å². The van der Waals surface area contributed by atoms with E-state index in [1.807, 2.05) is 0 Å². The molecule has 1 aromatic heterocycles. The number of hydrogen-bond donors (Lipinski definition) is 1. The summed E-state index contributed by atoms with van der Waals surface area (Å²) in [6, 6.07) is 7.34. The number of hydrogen-bond acceptors (Lipinski definition) is 4. The molecule has 3 rings (SSSR count). The highest BCUT2D eigenvalue weighted by atomic mass is 19.4. The van der Waals surface area contributed by atoms with Gasteiger partial charge in [0.2, 0.25) is 5.88 Å². The molecule has 1 aromatic carbocycles. The third kappa shape index (κ3) is 3.78. The Labute approximate surface area is 158 Å². The van der Waals surface area contributed by atoms with Crippen LogP contribution in [0, 0.1) is 0 Å². The van der Waals surface area contributed by atoms with Crippen molar-refractivity contribution in [3.63, 3.8) is 0 Å². The third-order valence-corrected chi connectivity index (χ3v) is 4.45.